The normalized spacial score (nSPS) is 19.8. The fraction of sp³-hybridized carbons (Fsp3) is 0.941. The van der Waals surface area contributed by atoms with Gasteiger partial charge in [0, 0.05) is 0 Å². The average Bonchev–Trinajstić information content (AvgIpc) is 2.36. The number of hydrogen-bond acceptors (Lipinski definition) is 1. The van der Waals surface area contributed by atoms with Crippen molar-refractivity contribution in [3.05, 3.63) is 0 Å². The minimum atomic E-state index is 0.0468. The summed E-state index contributed by atoms with van der Waals surface area (Å²) >= 11 is 0. The van der Waals surface area contributed by atoms with Crippen molar-refractivity contribution in [3.8, 4) is 6.07 Å². The van der Waals surface area contributed by atoms with E-state index in [2.05, 4.69) is 13.0 Å². The summed E-state index contributed by atoms with van der Waals surface area (Å²) in [4.78, 5) is 0. The van der Waals surface area contributed by atoms with Crippen LogP contribution >= 0.6 is 0 Å². The molecule has 0 bridgehead atoms. The Labute approximate surface area is 114 Å². The van der Waals surface area contributed by atoms with Gasteiger partial charge in [-0.3, -0.25) is 0 Å². The Morgan fingerprint density at radius 2 is 1.39 bits per heavy atom. The Kier molecular flexibility index (Phi) is 8.14. The molecule has 0 radical (unpaired) electrons. The van der Waals surface area contributed by atoms with Gasteiger partial charge in [-0.25, -0.2) is 0 Å². The highest BCUT2D eigenvalue weighted by Gasteiger charge is 2.29. The van der Waals surface area contributed by atoms with E-state index in [4.69, 9.17) is 0 Å². The molecule has 0 saturated heterocycles. The van der Waals surface area contributed by atoms with Gasteiger partial charge in [0.05, 0.1) is 11.5 Å². The van der Waals surface area contributed by atoms with E-state index in [0.717, 1.165) is 6.42 Å². The molecule has 1 fully saturated rings. The molecule has 1 rings (SSSR count). The highest BCUT2D eigenvalue weighted by molar-refractivity contribution is 4.99. The van der Waals surface area contributed by atoms with Crippen LogP contribution in [0.4, 0.5) is 0 Å². The van der Waals surface area contributed by atoms with Crippen molar-refractivity contribution < 1.29 is 0 Å². The van der Waals surface area contributed by atoms with Crippen LogP contribution in [0.15, 0.2) is 0 Å². The van der Waals surface area contributed by atoms with E-state index in [9.17, 15) is 5.26 Å². The molecular weight excluding hydrogens is 218 g/mol. The monoisotopic (exact) mass is 249 g/mol. The van der Waals surface area contributed by atoms with Crippen LogP contribution in [-0.2, 0) is 0 Å². The van der Waals surface area contributed by atoms with Crippen LogP contribution in [0.3, 0.4) is 0 Å². The fourth-order valence-corrected chi connectivity index (χ4v) is 3.24. The van der Waals surface area contributed by atoms with E-state index in [1.807, 2.05) is 0 Å². The second-order valence-corrected chi connectivity index (χ2v) is 6.18. The summed E-state index contributed by atoms with van der Waals surface area (Å²) in [6.45, 7) is 2.26. The molecule has 1 heteroatoms. The highest BCUT2D eigenvalue weighted by atomic mass is 14.4. The Morgan fingerprint density at radius 3 is 2.00 bits per heavy atom. The molecular formula is C17H31N. The second-order valence-electron chi connectivity index (χ2n) is 6.18. The van der Waals surface area contributed by atoms with Crippen LogP contribution < -0.4 is 0 Å². The number of nitrogens with zero attached hydrogens (tertiary/aromatic N) is 1. The van der Waals surface area contributed by atoms with E-state index >= 15 is 0 Å². The first-order valence-electron chi connectivity index (χ1n) is 8.24. The predicted molar refractivity (Wildman–Crippen MR) is 78.4 cm³/mol. The molecule has 0 N–H and O–H groups in total. The van der Waals surface area contributed by atoms with Gasteiger partial charge in [0.15, 0.2) is 0 Å². The Balaban J connectivity index is 2.23. The van der Waals surface area contributed by atoms with Gasteiger partial charge in [-0.05, 0) is 19.3 Å². The summed E-state index contributed by atoms with van der Waals surface area (Å²) in [5.74, 6) is 0. The molecule has 1 aliphatic rings. The minimum absolute atomic E-state index is 0.0468. The number of rotatable bonds is 7. The quantitative estimate of drug-likeness (QED) is 0.508. The molecule has 1 saturated carbocycles. The van der Waals surface area contributed by atoms with Crippen molar-refractivity contribution in [3.63, 3.8) is 0 Å². The van der Waals surface area contributed by atoms with Crippen LogP contribution in [0, 0.1) is 16.7 Å². The molecule has 0 aromatic heterocycles. The molecule has 0 atom stereocenters. The molecule has 0 aromatic rings. The van der Waals surface area contributed by atoms with Gasteiger partial charge < -0.3 is 0 Å². The number of nitriles is 1. The molecule has 1 aliphatic carbocycles. The summed E-state index contributed by atoms with van der Waals surface area (Å²) in [6, 6.07) is 2.69. The third kappa shape index (κ3) is 5.89. The Morgan fingerprint density at radius 1 is 0.833 bits per heavy atom. The maximum absolute atomic E-state index is 9.55. The zero-order chi connectivity index (χ0) is 13.1. The standard InChI is InChI=1S/C17H31N/c1-2-3-4-5-7-10-13-17(16-18)14-11-8-6-9-12-15-17/h2-15H2,1H3. The van der Waals surface area contributed by atoms with Crippen molar-refractivity contribution in [1.82, 2.24) is 0 Å². The topological polar surface area (TPSA) is 23.8 Å². The lowest BCUT2D eigenvalue weighted by Crippen LogP contribution is -2.20. The smallest absolute Gasteiger partial charge is 0.0689 e. The van der Waals surface area contributed by atoms with E-state index in [1.165, 1.54) is 83.5 Å². The van der Waals surface area contributed by atoms with Gasteiger partial charge in [-0.2, -0.15) is 5.26 Å². The SMILES string of the molecule is CCCCCCCCC1(C#N)CCCCCCC1. The third-order valence-electron chi connectivity index (χ3n) is 4.56. The maximum atomic E-state index is 9.55. The van der Waals surface area contributed by atoms with Gasteiger partial charge in [0.2, 0.25) is 0 Å². The van der Waals surface area contributed by atoms with E-state index < -0.39 is 0 Å². The van der Waals surface area contributed by atoms with Gasteiger partial charge in [-0.15, -0.1) is 0 Å². The first kappa shape index (κ1) is 15.5. The maximum Gasteiger partial charge on any atom is 0.0689 e. The van der Waals surface area contributed by atoms with Gasteiger partial charge >= 0.3 is 0 Å². The first-order valence-corrected chi connectivity index (χ1v) is 8.24. The summed E-state index contributed by atoms with van der Waals surface area (Å²) in [5, 5.41) is 9.55. The minimum Gasteiger partial charge on any atom is -0.198 e. The Bertz CT molecular complexity index is 230. The average molecular weight is 249 g/mol. The van der Waals surface area contributed by atoms with Gasteiger partial charge in [-0.1, -0.05) is 77.6 Å². The lowest BCUT2D eigenvalue weighted by atomic mass is 9.74. The first-order chi connectivity index (χ1) is 8.83. The van der Waals surface area contributed by atoms with Crippen molar-refractivity contribution in [1.29, 1.82) is 5.26 Å². The van der Waals surface area contributed by atoms with Crippen LogP contribution in [0.1, 0.15) is 96.8 Å². The van der Waals surface area contributed by atoms with Gasteiger partial charge in [0.25, 0.3) is 0 Å². The van der Waals surface area contributed by atoms with Crippen LogP contribution in [0.5, 0.6) is 0 Å². The molecule has 0 amide bonds. The summed E-state index contributed by atoms with van der Waals surface area (Å²) in [7, 11) is 0. The van der Waals surface area contributed by atoms with Crippen molar-refractivity contribution in [2.75, 3.05) is 0 Å². The van der Waals surface area contributed by atoms with Crippen LogP contribution in [0.2, 0.25) is 0 Å². The lowest BCUT2D eigenvalue weighted by Gasteiger charge is -2.28. The zero-order valence-corrected chi connectivity index (χ0v) is 12.3. The van der Waals surface area contributed by atoms with E-state index in [1.54, 1.807) is 0 Å². The number of hydrogen-bond donors (Lipinski definition) is 0. The largest absolute Gasteiger partial charge is 0.198 e. The molecule has 0 aliphatic heterocycles. The third-order valence-corrected chi connectivity index (χ3v) is 4.56. The van der Waals surface area contributed by atoms with Crippen molar-refractivity contribution >= 4 is 0 Å². The van der Waals surface area contributed by atoms with Crippen LogP contribution in [0.25, 0.3) is 0 Å². The summed E-state index contributed by atoms with van der Waals surface area (Å²) < 4.78 is 0. The summed E-state index contributed by atoms with van der Waals surface area (Å²) in [5.41, 5.74) is 0.0468. The van der Waals surface area contributed by atoms with Gasteiger partial charge in [0.1, 0.15) is 0 Å². The highest BCUT2D eigenvalue weighted by Crippen LogP contribution is 2.38. The number of unbranched alkanes of at least 4 members (excludes halogenated alkanes) is 5. The zero-order valence-electron chi connectivity index (χ0n) is 12.3. The molecule has 1 nitrogen and oxygen atoms in total. The van der Waals surface area contributed by atoms with Crippen LogP contribution in [-0.4, -0.2) is 0 Å². The Hall–Kier alpha value is -0.510. The molecule has 104 valence electrons. The molecule has 18 heavy (non-hydrogen) atoms. The predicted octanol–water partition coefficient (Wildman–Crippen LogP) is 5.99. The summed E-state index contributed by atoms with van der Waals surface area (Å²) in [6.07, 6.45) is 18.2. The van der Waals surface area contributed by atoms with Crippen molar-refractivity contribution in [2.45, 2.75) is 96.8 Å². The molecule has 0 aromatic carbocycles. The van der Waals surface area contributed by atoms with E-state index in [-0.39, 0.29) is 5.41 Å². The van der Waals surface area contributed by atoms with E-state index in [0.29, 0.717) is 0 Å². The molecule has 0 unspecified atom stereocenters. The molecule has 0 heterocycles. The molecule has 0 spiro atoms. The lowest BCUT2D eigenvalue weighted by molar-refractivity contribution is 0.261. The fourth-order valence-electron chi connectivity index (χ4n) is 3.24. The van der Waals surface area contributed by atoms with Crippen molar-refractivity contribution in [2.24, 2.45) is 5.41 Å². The second kappa shape index (κ2) is 9.42.